The molecule has 9 N–H and O–H groups in total. The molecule has 1 rings (SSSR count). The lowest BCUT2D eigenvalue weighted by molar-refractivity contribution is -0.143. The minimum atomic E-state index is -1.17. The second-order valence-corrected chi connectivity index (χ2v) is 7.58. The number of carbonyl (C=O) groups excluding carboxylic acids is 3. The van der Waals surface area contributed by atoms with E-state index in [2.05, 4.69) is 15.6 Å². The maximum absolute atomic E-state index is 13.1. The van der Waals surface area contributed by atoms with E-state index in [1.165, 1.54) is 4.90 Å². The van der Waals surface area contributed by atoms with Crippen LogP contribution < -0.4 is 27.8 Å². The third kappa shape index (κ3) is 7.85. The Morgan fingerprint density at radius 3 is 2.47 bits per heavy atom. The SMILES string of the molecule is CC(C)C(N)C(=O)NC(CCCN=C(N)N)C(=O)N1CCCC1C(=O)NCC(=O)O. The fourth-order valence-corrected chi connectivity index (χ4v) is 3.12. The number of carbonyl (C=O) groups is 4. The molecule has 12 nitrogen and oxygen atoms in total. The van der Waals surface area contributed by atoms with Gasteiger partial charge in [-0.3, -0.25) is 24.2 Å². The quantitative estimate of drug-likeness (QED) is 0.120. The number of nitrogens with two attached hydrogens (primary N) is 3. The molecule has 0 aliphatic carbocycles. The van der Waals surface area contributed by atoms with Crippen LogP contribution in [-0.2, 0) is 19.2 Å². The van der Waals surface area contributed by atoms with Gasteiger partial charge in [-0.05, 0) is 31.6 Å². The summed E-state index contributed by atoms with van der Waals surface area (Å²) in [6.07, 6.45) is 1.69. The molecular weight excluding hydrogens is 394 g/mol. The van der Waals surface area contributed by atoms with Crippen molar-refractivity contribution in [1.82, 2.24) is 15.5 Å². The first-order valence-electron chi connectivity index (χ1n) is 9.95. The van der Waals surface area contributed by atoms with Crippen LogP contribution in [0.25, 0.3) is 0 Å². The second kappa shape index (κ2) is 12.0. The van der Waals surface area contributed by atoms with Crippen LogP contribution in [0.1, 0.15) is 39.5 Å². The van der Waals surface area contributed by atoms with Gasteiger partial charge in [-0.25, -0.2) is 0 Å². The van der Waals surface area contributed by atoms with Crippen molar-refractivity contribution in [2.24, 2.45) is 28.1 Å². The van der Waals surface area contributed by atoms with E-state index in [0.717, 1.165) is 0 Å². The zero-order valence-electron chi connectivity index (χ0n) is 17.5. The van der Waals surface area contributed by atoms with Gasteiger partial charge in [0.25, 0.3) is 0 Å². The van der Waals surface area contributed by atoms with E-state index >= 15 is 0 Å². The van der Waals surface area contributed by atoms with Gasteiger partial charge in [0.05, 0.1) is 6.04 Å². The number of nitrogens with one attached hydrogen (secondary N) is 2. The molecule has 1 heterocycles. The van der Waals surface area contributed by atoms with Gasteiger partial charge in [-0.15, -0.1) is 0 Å². The number of guanidine groups is 1. The minimum absolute atomic E-state index is 0.0709. The van der Waals surface area contributed by atoms with Crippen LogP contribution in [0.4, 0.5) is 0 Å². The van der Waals surface area contributed by atoms with Gasteiger partial charge in [0.1, 0.15) is 18.6 Å². The van der Waals surface area contributed by atoms with Crippen molar-refractivity contribution in [3.8, 4) is 0 Å². The number of likely N-dealkylation sites (tertiary alicyclic amines) is 1. The highest BCUT2D eigenvalue weighted by molar-refractivity contribution is 5.94. The molecule has 30 heavy (non-hydrogen) atoms. The van der Waals surface area contributed by atoms with Crippen molar-refractivity contribution in [1.29, 1.82) is 0 Å². The normalized spacial score (nSPS) is 17.9. The maximum atomic E-state index is 13.1. The summed E-state index contributed by atoms with van der Waals surface area (Å²) in [5.41, 5.74) is 16.5. The minimum Gasteiger partial charge on any atom is -0.480 e. The Morgan fingerprint density at radius 2 is 1.90 bits per heavy atom. The number of hydrogen-bond acceptors (Lipinski definition) is 6. The van der Waals surface area contributed by atoms with E-state index in [1.807, 2.05) is 0 Å². The largest absolute Gasteiger partial charge is 0.480 e. The predicted molar refractivity (Wildman–Crippen MR) is 110 cm³/mol. The third-order valence-corrected chi connectivity index (χ3v) is 4.83. The van der Waals surface area contributed by atoms with Gasteiger partial charge in [0.2, 0.25) is 17.7 Å². The van der Waals surface area contributed by atoms with Crippen molar-refractivity contribution >= 4 is 29.7 Å². The first-order chi connectivity index (χ1) is 14.0. The summed E-state index contributed by atoms with van der Waals surface area (Å²) in [6.45, 7) is 3.67. The number of aliphatic imine (C=N–C) groups is 1. The Balaban J connectivity index is 2.89. The van der Waals surface area contributed by atoms with Gasteiger partial charge < -0.3 is 37.8 Å². The molecule has 0 radical (unpaired) electrons. The lowest BCUT2D eigenvalue weighted by Crippen LogP contribution is -2.56. The number of hydrogen-bond donors (Lipinski definition) is 6. The second-order valence-electron chi connectivity index (χ2n) is 7.58. The zero-order valence-corrected chi connectivity index (χ0v) is 17.5. The molecule has 0 saturated carbocycles. The summed E-state index contributed by atoms with van der Waals surface area (Å²) in [6, 6.07) is -2.47. The van der Waals surface area contributed by atoms with Gasteiger partial charge >= 0.3 is 5.97 Å². The molecular formula is C18H33N7O5. The summed E-state index contributed by atoms with van der Waals surface area (Å²) in [5, 5.41) is 13.7. The van der Waals surface area contributed by atoms with E-state index in [1.54, 1.807) is 13.8 Å². The van der Waals surface area contributed by atoms with Crippen LogP contribution in [0.5, 0.6) is 0 Å². The first-order valence-corrected chi connectivity index (χ1v) is 9.95. The van der Waals surface area contributed by atoms with Crippen LogP contribution >= 0.6 is 0 Å². The number of aliphatic carboxylic acids is 1. The number of carboxylic acids is 1. The van der Waals surface area contributed by atoms with Crippen molar-refractivity contribution in [3.63, 3.8) is 0 Å². The Morgan fingerprint density at radius 1 is 1.23 bits per heavy atom. The fourth-order valence-electron chi connectivity index (χ4n) is 3.12. The molecule has 170 valence electrons. The van der Waals surface area contributed by atoms with Crippen molar-refractivity contribution in [2.45, 2.75) is 57.7 Å². The van der Waals surface area contributed by atoms with Gasteiger partial charge in [0.15, 0.2) is 5.96 Å². The van der Waals surface area contributed by atoms with Gasteiger partial charge in [-0.1, -0.05) is 13.8 Å². The molecule has 0 aromatic rings. The van der Waals surface area contributed by atoms with Crippen molar-refractivity contribution < 1.29 is 24.3 Å². The average Bonchev–Trinajstić information content (AvgIpc) is 3.16. The predicted octanol–water partition coefficient (Wildman–Crippen LogP) is -2.30. The molecule has 3 amide bonds. The molecule has 1 aliphatic heterocycles. The summed E-state index contributed by atoms with van der Waals surface area (Å²) >= 11 is 0. The number of nitrogens with zero attached hydrogens (tertiary/aromatic N) is 2. The summed E-state index contributed by atoms with van der Waals surface area (Å²) < 4.78 is 0. The van der Waals surface area contributed by atoms with Crippen LogP contribution in [0.2, 0.25) is 0 Å². The number of rotatable bonds is 11. The molecule has 1 saturated heterocycles. The highest BCUT2D eigenvalue weighted by atomic mass is 16.4. The summed E-state index contributed by atoms with van der Waals surface area (Å²) in [7, 11) is 0. The smallest absolute Gasteiger partial charge is 0.322 e. The Labute approximate surface area is 175 Å². The molecule has 0 aromatic heterocycles. The molecule has 1 aliphatic rings. The van der Waals surface area contributed by atoms with E-state index in [-0.39, 0.29) is 24.8 Å². The Hall–Kier alpha value is -2.89. The zero-order chi connectivity index (χ0) is 22.8. The summed E-state index contributed by atoms with van der Waals surface area (Å²) in [5.74, 6) is -2.78. The molecule has 12 heteroatoms. The monoisotopic (exact) mass is 427 g/mol. The molecule has 0 bridgehead atoms. The molecule has 0 aromatic carbocycles. The molecule has 0 spiro atoms. The van der Waals surface area contributed by atoms with E-state index in [0.29, 0.717) is 25.8 Å². The number of amides is 3. The Kier molecular flexibility index (Phi) is 10.0. The lowest BCUT2D eigenvalue weighted by Gasteiger charge is -2.29. The van der Waals surface area contributed by atoms with Crippen molar-refractivity contribution in [2.75, 3.05) is 19.6 Å². The Bertz CT molecular complexity index is 663. The topological polar surface area (TPSA) is 206 Å². The molecule has 1 fully saturated rings. The third-order valence-electron chi connectivity index (χ3n) is 4.83. The fraction of sp³-hybridized carbons (Fsp3) is 0.722. The van der Waals surface area contributed by atoms with Crippen molar-refractivity contribution in [3.05, 3.63) is 0 Å². The van der Waals surface area contributed by atoms with Crippen LogP contribution in [0, 0.1) is 5.92 Å². The van der Waals surface area contributed by atoms with Crippen LogP contribution in [-0.4, -0.2) is 77.4 Å². The maximum Gasteiger partial charge on any atom is 0.322 e. The van der Waals surface area contributed by atoms with Crippen LogP contribution in [0.15, 0.2) is 4.99 Å². The van der Waals surface area contributed by atoms with E-state index < -0.39 is 48.4 Å². The summed E-state index contributed by atoms with van der Waals surface area (Å²) in [4.78, 5) is 53.8. The van der Waals surface area contributed by atoms with Crippen LogP contribution in [0.3, 0.4) is 0 Å². The van der Waals surface area contributed by atoms with E-state index in [9.17, 15) is 19.2 Å². The van der Waals surface area contributed by atoms with E-state index in [4.69, 9.17) is 22.3 Å². The molecule has 3 unspecified atom stereocenters. The standard InChI is InChI=1S/C18H33N7O5/c1-10(2)14(19)16(29)24-11(5-3-7-22-18(20)21)17(30)25-8-4-6-12(25)15(28)23-9-13(26)27/h10-12,14H,3-9,19H2,1-2H3,(H,23,28)(H,24,29)(H,26,27)(H4,20,21,22). The van der Waals surface area contributed by atoms with Gasteiger partial charge in [0, 0.05) is 13.1 Å². The first kappa shape index (κ1) is 25.1. The van der Waals surface area contributed by atoms with Gasteiger partial charge in [-0.2, -0.15) is 0 Å². The lowest BCUT2D eigenvalue weighted by atomic mass is 10.0. The highest BCUT2D eigenvalue weighted by Gasteiger charge is 2.38. The highest BCUT2D eigenvalue weighted by Crippen LogP contribution is 2.20. The number of carboxylic acid groups (broad SMARTS) is 1. The average molecular weight is 428 g/mol. The molecule has 3 atom stereocenters.